The molecule has 0 spiro atoms. The number of aliphatic hydroxyl groups excluding tert-OH is 2. The zero-order valence-electron chi connectivity index (χ0n) is 36.4. The Morgan fingerprint density at radius 2 is 1.00 bits per heavy atom. The Balaban J connectivity index is 0.000000426. The number of hydrogen-bond acceptors (Lipinski definition) is 9. The second-order valence-corrected chi connectivity index (χ2v) is 17.4. The van der Waals surface area contributed by atoms with E-state index in [-0.39, 0.29) is 19.1 Å². The average molecular weight is 807 g/mol. The molecule has 0 saturated carbocycles. The lowest BCUT2D eigenvalue weighted by Gasteiger charge is -2.31. The molecule has 3 aromatic carbocycles. The molecule has 12 nitrogen and oxygen atoms in total. The van der Waals surface area contributed by atoms with E-state index in [0.717, 1.165) is 23.2 Å². The number of carbonyl (C=O) groups is 3. The normalized spacial score (nSPS) is 13.6. The molecule has 3 aromatic rings. The smallest absolute Gasteiger partial charge is 0.410 e. The van der Waals surface area contributed by atoms with Gasteiger partial charge in [0.05, 0.1) is 30.8 Å². The van der Waals surface area contributed by atoms with Crippen LogP contribution in [0.25, 0.3) is 0 Å². The first-order valence-electron chi connectivity index (χ1n) is 20.3. The van der Waals surface area contributed by atoms with Crippen LogP contribution >= 0.6 is 0 Å². The molecule has 0 unspecified atom stereocenters. The lowest BCUT2D eigenvalue weighted by atomic mass is 10.0. The highest BCUT2D eigenvalue weighted by Gasteiger charge is 2.29. The predicted molar refractivity (Wildman–Crippen MR) is 229 cm³/mol. The number of carbonyl (C=O) groups excluding carboxylic acids is 3. The van der Waals surface area contributed by atoms with Crippen molar-refractivity contribution < 1.29 is 38.8 Å². The summed E-state index contributed by atoms with van der Waals surface area (Å²) in [5, 5.41) is 30.4. The minimum atomic E-state index is -1.03. The molecule has 0 aliphatic heterocycles. The first kappa shape index (κ1) is 49.5. The van der Waals surface area contributed by atoms with Gasteiger partial charge in [-0.1, -0.05) is 119 Å². The number of nitrogens with zero attached hydrogens (tertiary/aromatic N) is 1. The van der Waals surface area contributed by atoms with Crippen molar-refractivity contribution in [3.8, 4) is 0 Å². The maximum Gasteiger partial charge on any atom is 0.410 e. The minimum Gasteiger partial charge on any atom is -0.445 e. The van der Waals surface area contributed by atoms with E-state index in [1.54, 1.807) is 20.8 Å². The van der Waals surface area contributed by atoms with Crippen LogP contribution in [0.4, 0.5) is 14.4 Å². The highest BCUT2D eigenvalue weighted by molar-refractivity contribution is 5.69. The van der Waals surface area contributed by atoms with Crippen molar-refractivity contribution in [2.24, 2.45) is 11.8 Å². The number of nitrogens with one attached hydrogen (secondary N) is 3. The molecule has 3 amide bonds. The number of benzene rings is 3. The van der Waals surface area contributed by atoms with Crippen LogP contribution in [0.5, 0.6) is 0 Å². The molecule has 0 aliphatic rings. The Morgan fingerprint density at radius 1 is 0.586 bits per heavy atom. The number of aliphatic hydroxyl groups is 2. The predicted octanol–water partition coefficient (Wildman–Crippen LogP) is 7.51. The van der Waals surface area contributed by atoms with E-state index >= 15 is 0 Å². The van der Waals surface area contributed by atoms with Gasteiger partial charge in [-0.25, -0.2) is 14.4 Å². The van der Waals surface area contributed by atoms with Crippen molar-refractivity contribution >= 4 is 18.3 Å². The van der Waals surface area contributed by atoms with E-state index in [4.69, 9.17) is 14.2 Å². The van der Waals surface area contributed by atoms with Crippen LogP contribution in [0.15, 0.2) is 91.0 Å². The van der Waals surface area contributed by atoms with Crippen molar-refractivity contribution in [3.05, 3.63) is 108 Å². The molecular formula is C46H70N4O8. The highest BCUT2D eigenvalue weighted by Crippen LogP contribution is 2.14. The molecule has 0 radical (unpaired) electrons. The van der Waals surface area contributed by atoms with Crippen molar-refractivity contribution in [2.45, 2.75) is 124 Å². The Hall–Kier alpha value is -4.65. The standard InChI is InChI=1S/C27H38N2O5.C19H32N2O3/c1-20(2)17-29(26(32)33-19-22-14-10-7-11-15-22)18-24(30)23(16-21-12-8-6-9-13-21)28-25(31)34-27(3,4)5;1-14(2)12-20-13-17(22)16(11-15-9-7-6-8-10-15)21-18(23)24-19(3,4)5/h6-15,20,23-24,30H,16-19H2,1-5H3,(H,28,31);6-10,14,16-17,20,22H,11-13H2,1-5H3,(H,21,23)/t23-,24+;16-,17+/m00/s1. The van der Waals surface area contributed by atoms with Crippen molar-refractivity contribution in [3.63, 3.8) is 0 Å². The first-order valence-corrected chi connectivity index (χ1v) is 20.3. The lowest BCUT2D eigenvalue weighted by Crippen LogP contribution is -2.52. The summed E-state index contributed by atoms with van der Waals surface area (Å²) < 4.78 is 16.2. The van der Waals surface area contributed by atoms with Gasteiger partial charge in [0.25, 0.3) is 0 Å². The zero-order chi connectivity index (χ0) is 43.3. The number of ether oxygens (including phenoxy) is 3. The second kappa shape index (κ2) is 25.0. The molecule has 12 heteroatoms. The van der Waals surface area contributed by atoms with Gasteiger partial charge in [0.1, 0.15) is 17.8 Å². The lowest BCUT2D eigenvalue weighted by molar-refractivity contribution is 0.0323. The van der Waals surface area contributed by atoms with Gasteiger partial charge in [0, 0.05) is 13.1 Å². The molecule has 4 atom stereocenters. The van der Waals surface area contributed by atoms with Crippen LogP contribution in [0, 0.1) is 11.8 Å². The summed E-state index contributed by atoms with van der Waals surface area (Å²) in [6.07, 6.45) is -2.43. The monoisotopic (exact) mass is 807 g/mol. The summed E-state index contributed by atoms with van der Waals surface area (Å²) in [4.78, 5) is 38.9. The molecule has 58 heavy (non-hydrogen) atoms. The maximum atomic E-state index is 12.9. The van der Waals surface area contributed by atoms with Crippen LogP contribution < -0.4 is 16.0 Å². The molecule has 0 bridgehead atoms. The summed E-state index contributed by atoms with van der Waals surface area (Å²) in [6.45, 7) is 20.8. The van der Waals surface area contributed by atoms with Gasteiger partial charge >= 0.3 is 18.3 Å². The van der Waals surface area contributed by atoms with E-state index in [1.165, 1.54) is 4.90 Å². The molecule has 3 rings (SSSR count). The van der Waals surface area contributed by atoms with Crippen LogP contribution in [-0.2, 0) is 33.7 Å². The van der Waals surface area contributed by atoms with E-state index in [0.29, 0.717) is 31.8 Å². The SMILES string of the molecule is CC(C)CN(C[C@@H](O)[C@H](Cc1ccccc1)NC(=O)OC(C)(C)C)C(=O)OCc1ccccc1.CC(C)CNC[C@@H](O)[C@H](Cc1ccccc1)NC(=O)OC(C)(C)C. The quantitative estimate of drug-likeness (QED) is 0.0821. The average Bonchev–Trinajstić information content (AvgIpc) is 3.12. The third kappa shape index (κ3) is 22.3. The Labute approximate surface area is 347 Å². The molecule has 0 fully saturated rings. The number of rotatable bonds is 18. The van der Waals surface area contributed by atoms with Crippen LogP contribution in [0.3, 0.4) is 0 Å². The third-order valence-electron chi connectivity index (χ3n) is 8.29. The topological polar surface area (TPSA) is 159 Å². The summed E-state index contributed by atoms with van der Waals surface area (Å²) in [7, 11) is 0. The summed E-state index contributed by atoms with van der Waals surface area (Å²) >= 11 is 0. The maximum absolute atomic E-state index is 12.9. The van der Waals surface area contributed by atoms with E-state index < -0.39 is 53.8 Å². The van der Waals surface area contributed by atoms with Crippen molar-refractivity contribution in [2.75, 3.05) is 26.2 Å². The van der Waals surface area contributed by atoms with Gasteiger partial charge in [-0.3, -0.25) is 0 Å². The molecule has 0 saturated heterocycles. The van der Waals surface area contributed by atoms with Gasteiger partial charge in [-0.2, -0.15) is 0 Å². The molecule has 322 valence electrons. The number of alkyl carbamates (subject to hydrolysis) is 2. The molecular weight excluding hydrogens is 737 g/mol. The van der Waals surface area contributed by atoms with Crippen molar-refractivity contribution in [1.29, 1.82) is 0 Å². The van der Waals surface area contributed by atoms with Crippen molar-refractivity contribution in [1.82, 2.24) is 20.9 Å². The largest absolute Gasteiger partial charge is 0.445 e. The molecule has 0 aliphatic carbocycles. The fourth-order valence-electron chi connectivity index (χ4n) is 5.71. The van der Waals surface area contributed by atoms with Crippen LogP contribution in [0.2, 0.25) is 0 Å². The summed E-state index contributed by atoms with van der Waals surface area (Å²) in [5.41, 5.74) is 1.65. The number of amides is 3. The Bertz CT molecular complexity index is 1590. The minimum absolute atomic E-state index is 0.0130. The van der Waals surface area contributed by atoms with Gasteiger partial charge in [0.2, 0.25) is 0 Å². The van der Waals surface area contributed by atoms with E-state index in [9.17, 15) is 24.6 Å². The van der Waals surface area contributed by atoms with Gasteiger partial charge in [-0.05, 0) is 89.5 Å². The van der Waals surface area contributed by atoms with Gasteiger partial charge in [0.15, 0.2) is 0 Å². The zero-order valence-corrected chi connectivity index (χ0v) is 36.4. The van der Waals surface area contributed by atoms with Crippen LogP contribution in [0.1, 0.15) is 85.9 Å². The molecule has 0 heterocycles. The third-order valence-corrected chi connectivity index (χ3v) is 8.29. The first-order chi connectivity index (χ1) is 27.2. The summed E-state index contributed by atoms with van der Waals surface area (Å²) in [6, 6.07) is 27.7. The molecule has 0 aromatic heterocycles. The van der Waals surface area contributed by atoms with Gasteiger partial charge in [-0.15, -0.1) is 0 Å². The fourth-order valence-corrected chi connectivity index (χ4v) is 5.71. The Kier molecular flexibility index (Phi) is 21.3. The highest BCUT2D eigenvalue weighted by atomic mass is 16.6. The fraction of sp³-hybridized carbons (Fsp3) is 0.543. The van der Waals surface area contributed by atoms with Crippen LogP contribution in [-0.4, -0.2) is 95.1 Å². The Morgan fingerprint density at radius 3 is 1.40 bits per heavy atom. The van der Waals surface area contributed by atoms with E-state index in [2.05, 4.69) is 29.8 Å². The number of hydrogen-bond donors (Lipinski definition) is 5. The summed E-state index contributed by atoms with van der Waals surface area (Å²) in [5.74, 6) is 0.673. The van der Waals surface area contributed by atoms with Gasteiger partial charge < -0.3 is 45.3 Å². The second-order valence-electron chi connectivity index (χ2n) is 17.4. The molecule has 5 N–H and O–H groups in total. The van der Waals surface area contributed by atoms with E-state index in [1.807, 2.05) is 126 Å².